The Hall–Kier alpha value is -1.45. The summed E-state index contributed by atoms with van der Waals surface area (Å²) in [5.41, 5.74) is 6.48. The molecule has 0 saturated carbocycles. The number of hydrogen-bond donors (Lipinski definition) is 2. The molecule has 2 aliphatic heterocycles. The molecule has 0 bridgehead atoms. The number of nitrogens with two attached hydrogens (primary N) is 1. The topological polar surface area (TPSA) is 110 Å². The van der Waals surface area contributed by atoms with Gasteiger partial charge in [0.25, 0.3) is 0 Å². The first-order valence-electron chi connectivity index (χ1n) is 6.76. The van der Waals surface area contributed by atoms with Crippen LogP contribution in [0.2, 0.25) is 0 Å². The molecule has 3 rings (SSSR count). The number of carbonyl (C=O) groups is 2. The second kappa shape index (κ2) is 5.98. The van der Waals surface area contributed by atoms with Gasteiger partial charge in [-0.25, -0.2) is 9.78 Å². The Kier molecular flexibility index (Phi) is 4.20. The maximum absolute atomic E-state index is 11.8. The number of carboxylic acid groups (broad SMARTS) is 1. The average Bonchev–Trinajstić information content (AvgIpc) is 2.99. The van der Waals surface area contributed by atoms with Gasteiger partial charge in [0.05, 0.1) is 6.20 Å². The van der Waals surface area contributed by atoms with Gasteiger partial charge < -0.3 is 15.3 Å². The van der Waals surface area contributed by atoms with Gasteiger partial charge in [0.15, 0.2) is 11.0 Å². The Morgan fingerprint density at radius 1 is 1.68 bits per heavy atom. The predicted octanol–water partition coefficient (Wildman–Crippen LogP) is 0.910. The summed E-state index contributed by atoms with van der Waals surface area (Å²) in [6.45, 7) is 1.95. The Morgan fingerprint density at radius 2 is 2.45 bits per heavy atom. The van der Waals surface area contributed by atoms with Gasteiger partial charge in [-0.2, -0.15) is 0 Å². The van der Waals surface area contributed by atoms with Crippen molar-refractivity contribution in [2.24, 2.45) is 5.73 Å². The Balaban J connectivity index is 1.78. The Morgan fingerprint density at radius 3 is 3.09 bits per heavy atom. The van der Waals surface area contributed by atoms with Crippen molar-refractivity contribution in [3.05, 3.63) is 23.4 Å². The van der Waals surface area contributed by atoms with Gasteiger partial charge in [0, 0.05) is 17.9 Å². The van der Waals surface area contributed by atoms with Crippen LogP contribution in [0.5, 0.6) is 0 Å². The number of amides is 1. The van der Waals surface area contributed by atoms with Gasteiger partial charge in [-0.15, -0.1) is 11.8 Å². The molecule has 0 radical (unpaired) electrons. The quantitative estimate of drug-likeness (QED) is 0.601. The molecule has 0 aliphatic carbocycles. The SMILES string of the molecule is CCc1ncc(SCC2=C(C(=O)O)N3C(=O)C(N)[C@H]3SC2)o1. The summed E-state index contributed by atoms with van der Waals surface area (Å²) < 4.78 is 5.49. The number of hydrogen-bond acceptors (Lipinski definition) is 7. The predicted molar refractivity (Wildman–Crippen MR) is 82.3 cm³/mol. The molecular weight excluding hydrogens is 326 g/mol. The zero-order valence-corrected chi connectivity index (χ0v) is 13.4. The maximum atomic E-state index is 11.8. The molecule has 1 aromatic heterocycles. The van der Waals surface area contributed by atoms with E-state index in [1.165, 1.54) is 28.4 Å². The van der Waals surface area contributed by atoms with Crippen molar-refractivity contribution in [3.63, 3.8) is 0 Å². The number of rotatable bonds is 5. The van der Waals surface area contributed by atoms with Gasteiger partial charge in [0.1, 0.15) is 17.1 Å². The second-order valence-corrected chi connectivity index (χ2v) is 6.99. The van der Waals surface area contributed by atoms with E-state index in [-0.39, 0.29) is 17.0 Å². The number of fused-ring (bicyclic) bond motifs is 1. The Labute approximate surface area is 135 Å². The van der Waals surface area contributed by atoms with Crippen LogP contribution in [0.4, 0.5) is 0 Å². The number of carbonyl (C=O) groups excluding carboxylic acids is 1. The highest BCUT2D eigenvalue weighted by molar-refractivity contribution is 8.01. The number of aliphatic carboxylic acids is 1. The summed E-state index contributed by atoms with van der Waals surface area (Å²) in [6.07, 6.45) is 2.34. The fourth-order valence-corrected chi connectivity index (χ4v) is 4.63. The molecular formula is C13H15N3O4S2. The first-order valence-corrected chi connectivity index (χ1v) is 8.79. The van der Waals surface area contributed by atoms with E-state index in [1.807, 2.05) is 6.92 Å². The molecule has 9 heteroatoms. The summed E-state index contributed by atoms with van der Waals surface area (Å²) in [6, 6.07) is -0.602. The molecule has 118 valence electrons. The van der Waals surface area contributed by atoms with E-state index in [4.69, 9.17) is 10.2 Å². The normalized spacial score (nSPS) is 24.3. The molecule has 1 amide bonds. The third-order valence-corrected chi connectivity index (χ3v) is 5.84. The lowest BCUT2D eigenvalue weighted by Crippen LogP contribution is -2.68. The van der Waals surface area contributed by atoms with Crippen LogP contribution in [0.3, 0.4) is 0 Å². The van der Waals surface area contributed by atoms with Crippen molar-refractivity contribution in [1.29, 1.82) is 0 Å². The molecule has 3 heterocycles. The summed E-state index contributed by atoms with van der Waals surface area (Å²) in [7, 11) is 0. The minimum Gasteiger partial charge on any atom is -0.477 e. The number of oxazole rings is 1. The molecule has 7 nitrogen and oxygen atoms in total. The molecule has 0 spiro atoms. The molecule has 1 aromatic rings. The van der Waals surface area contributed by atoms with Crippen LogP contribution in [0.1, 0.15) is 12.8 Å². The van der Waals surface area contributed by atoms with Crippen molar-refractivity contribution in [3.8, 4) is 0 Å². The van der Waals surface area contributed by atoms with Crippen LogP contribution in [-0.4, -0.2) is 49.8 Å². The fraction of sp³-hybridized carbons (Fsp3) is 0.462. The first kappa shape index (κ1) is 15.4. The highest BCUT2D eigenvalue weighted by atomic mass is 32.2. The van der Waals surface area contributed by atoms with Crippen molar-refractivity contribution in [2.75, 3.05) is 11.5 Å². The van der Waals surface area contributed by atoms with Gasteiger partial charge in [-0.3, -0.25) is 9.69 Å². The van der Waals surface area contributed by atoms with Crippen molar-refractivity contribution in [2.45, 2.75) is 29.9 Å². The Bertz CT molecular complexity index is 657. The van der Waals surface area contributed by atoms with Crippen LogP contribution < -0.4 is 5.73 Å². The first-order chi connectivity index (χ1) is 10.5. The average molecular weight is 341 g/mol. The number of carboxylic acids is 1. The molecule has 3 N–H and O–H groups in total. The van der Waals surface area contributed by atoms with Crippen LogP contribution >= 0.6 is 23.5 Å². The number of aryl methyl sites for hydroxylation is 1. The van der Waals surface area contributed by atoms with Crippen molar-refractivity contribution in [1.82, 2.24) is 9.88 Å². The number of aromatic nitrogens is 1. The zero-order chi connectivity index (χ0) is 15.9. The fourth-order valence-electron chi connectivity index (χ4n) is 2.37. The van der Waals surface area contributed by atoms with Crippen LogP contribution in [0.25, 0.3) is 0 Å². The summed E-state index contributed by atoms with van der Waals surface area (Å²) in [5.74, 6) is 0.222. The number of thioether (sulfide) groups is 2. The standard InChI is InChI=1S/C13H15N3O4S2/c1-2-7-15-3-8(20-7)21-4-6-5-22-12-9(14)11(17)16(12)10(6)13(18)19/h3,9,12H,2,4-5,14H2,1H3,(H,18,19)/t9?,12-/m1/s1. The number of nitrogens with zero attached hydrogens (tertiary/aromatic N) is 2. The van der Waals surface area contributed by atoms with E-state index in [1.54, 1.807) is 6.20 Å². The lowest BCUT2D eigenvalue weighted by atomic mass is 10.0. The molecule has 22 heavy (non-hydrogen) atoms. The molecule has 1 fully saturated rings. The third kappa shape index (κ3) is 2.53. The summed E-state index contributed by atoms with van der Waals surface area (Å²) in [4.78, 5) is 28.8. The minimum atomic E-state index is -1.09. The lowest BCUT2D eigenvalue weighted by Gasteiger charge is -2.48. The van der Waals surface area contributed by atoms with Gasteiger partial charge in [-0.05, 0) is 5.57 Å². The molecule has 1 unspecified atom stereocenters. The smallest absolute Gasteiger partial charge is 0.352 e. The van der Waals surface area contributed by atoms with E-state index in [9.17, 15) is 14.7 Å². The monoisotopic (exact) mass is 341 g/mol. The minimum absolute atomic E-state index is 0.0678. The lowest BCUT2D eigenvalue weighted by molar-refractivity contribution is -0.147. The van der Waals surface area contributed by atoms with E-state index >= 15 is 0 Å². The molecule has 1 saturated heterocycles. The van der Waals surface area contributed by atoms with E-state index < -0.39 is 12.0 Å². The van der Waals surface area contributed by atoms with E-state index in [0.717, 1.165) is 0 Å². The third-order valence-electron chi connectivity index (χ3n) is 3.51. The number of β-lactam (4-membered cyclic amide) rings is 1. The molecule has 2 atom stereocenters. The van der Waals surface area contributed by atoms with E-state index in [0.29, 0.717) is 34.5 Å². The van der Waals surface area contributed by atoms with Gasteiger partial charge in [0.2, 0.25) is 5.91 Å². The van der Waals surface area contributed by atoms with Crippen molar-refractivity contribution >= 4 is 35.4 Å². The highest BCUT2D eigenvalue weighted by Gasteiger charge is 2.51. The highest BCUT2D eigenvalue weighted by Crippen LogP contribution is 2.40. The van der Waals surface area contributed by atoms with Crippen LogP contribution in [-0.2, 0) is 16.0 Å². The zero-order valence-electron chi connectivity index (χ0n) is 11.8. The van der Waals surface area contributed by atoms with Crippen LogP contribution in [0.15, 0.2) is 27.0 Å². The van der Waals surface area contributed by atoms with Gasteiger partial charge in [-0.1, -0.05) is 18.7 Å². The largest absolute Gasteiger partial charge is 0.477 e. The summed E-state index contributed by atoms with van der Waals surface area (Å²) in [5, 5.41) is 9.81. The summed E-state index contributed by atoms with van der Waals surface area (Å²) >= 11 is 2.88. The van der Waals surface area contributed by atoms with Crippen molar-refractivity contribution < 1.29 is 19.1 Å². The molecule has 0 aromatic carbocycles. The second-order valence-electron chi connectivity index (χ2n) is 4.91. The van der Waals surface area contributed by atoms with Crippen LogP contribution in [0, 0.1) is 0 Å². The maximum Gasteiger partial charge on any atom is 0.352 e. The molecule has 2 aliphatic rings. The van der Waals surface area contributed by atoms with Gasteiger partial charge >= 0.3 is 5.97 Å². The van der Waals surface area contributed by atoms with E-state index in [2.05, 4.69) is 4.98 Å².